The van der Waals surface area contributed by atoms with E-state index in [1.54, 1.807) is 35.8 Å². The Balaban J connectivity index is 2.53. The Morgan fingerprint density at radius 3 is 2.43 bits per heavy atom. The molecule has 0 radical (unpaired) electrons. The molecular weight excluding hydrogens is 284 g/mol. The molecule has 1 atom stereocenters. The number of thioether (sulfide) groups is 1. The van der Waals surface area contributed by atoms with E-state index >= 15 is 0 Å². The number of unbranched alkanes of at least 4 members (excludes halogenated alkanes) is 1. The summed E-state index contributed by atoms with van der Waals surface area (Å²) in [7, 11) is 1.81. The van der Waals surface area contributed by atoms with Crippen molar-refractivity contribution in [1.82, 2.24) is 4.90 Å². The van der Waals surface area contributed by atoms with Crippen LogP contribution in [-0.4, -0.2) is 34.8 Å². The SMILES string of the molecule is CCCCS[C@@H](C)C(=O)N(C)Cc1ccc(C(N)=O)cc1. The van der Waals surface area contributed by atoms with Crippen molar-refractivity contribution >= 4 is 23.6 Å². The minimum Gasteiger partial charge on any atom is -0.366 e. The zero-order valence-corrected chi connectivity index (χ0v) is 13.8. The van der Waals surface area contributed by atoms with Crippen molar-refractivity contribution in [2.24, 2.45) is 5.73 Å². The van der Waals surface area contributed by atoms with Crippen LogP contribution in [0.3, 0.4) is 0 Å². The first-order chi connectivity index (χ1) is 9.95. The van der Waals surface area contributed by atoms with Crippen molar-refractivity contribution in [2.75, 3.05) is 12.8 Å². The second kappa shape index (κ2) is 8.72. The number of carbonyl (C=O) groups excluding carboxylic acids is 2. The maximum absolute atomic E-state index is 12.2. The molecule has 1 rings (SSSR count). The number of hydrogen-bond acceptors (Lipinski definition) is 3. The van der Waals surface area contributed by atoms with Gasteiger partial charge in [-0.3, -0.25) is 9.59 Å². The number of nitrogens with two attached hydrogens (primary N) is 1. The number of primary amides is 1. The Kier molecular flexibility index (Phi) is 7.29. The van der Waals surface area contributed by atoms with Crippen LogP contribution in [0.15, 0.2) is 24.3 Å². The van der Waals surface area contributed by atoms with Crippen LogP contribution in [0.25, 0.3) is 0 Å². The fraction of sp³-hybridized carbons (Fsp3) is 0.500. The third-order valence-electron chi connectivity index (χ3n) is 3.25. The van der Waals surface area contributed by atoms with Crippen LogP contribution in [0.1, 0.15) is 42.6 Å². The Morgan fingerprint density at radius 2 is 1.90 bits per heavy atom. The highest BCUT2D eigenvalue weighted by atomic mass is 32.2. The van der Waals surface area contributed by atoms with Crippen molar-refractivity contribution in [3.63, 3.8) is 0 Å². The van der Waals surface area contributed by atoms with Gasteiger partial charge in [0.05, 0.1) is 5.25 Å². The van der Waals surface area contributed by atoms with Gasteiger partial charge in [0.2, 0.25) is 11.8 Å². The summed E-state index contributed by atoms with van der Waals surface area (Å²) in [5, 5.41) is -0.0218. The molecule has 1 aromatic rings. The topological polar surface area (TPSA) is 63.4 Å². The first kappa shape index (κ1) is 17.6. The van der Waals surface area contributed by atoms with Gasteiger partial charge >= 0.3 is 0 Å². The summed E-state index contributed by atoms with van der Waals surface area (Å²) in [6.07, 6.45) is 2.29. The molecule has 0 aliphatic rings. The molecule has 0 saturated heterocycles. The lowest BCUT2D eigenvalue weighted by Crippen LogP contribution is -2.33. The summed E-state index contributed by atoms with van der Waals surface area (Å²) < 4.78 is 0. The molecule has 0 unspecified atom stereocenters. The smallest absolute Gasteiger partial charge is 0.248 e. The molecule has 0 aliphatic heterocycles. The summed E-state index contributed by atoms with van der Waals surface area (Å²) >= 11 is 1.70. The van der Waals surface area contributed by atoms with E-state index in [1.807, 2.05) is 19.1 Å². The van der Waals surface area contributed by atoms with E-state index in [2.05, 4.69) is 6.92 Å². The molecule has 1 aromatic carbocycles. The highest BCUT2D eigenvalue weighted by molar-refractivity contribution is 8.00. The average molecular weight is 308 g/mol. The van der Waals surface area contributed by atoms with Gasteiger partial charge in [0.1, 0.15) is 0 Å². The van der Waals surface area contributed by atoms with Crippen LogP contribution in [0, 0.1) is 0 Å². The average Bonchev–Trinajstić information content (AvgIpc) is 2.47. The Hall–Kier alpha value is -1.49. The van der Waals surface area contributed by atoms with Crippen LogP contribution >= 0.6 is 11.8 Å². The minimum atomic E-state index is -0.438. The molecule has 0 saturated carbocycles. The van der Waals surface area contributed by atoms with Crippen molar-refractivity contribution in [3.8, 4) is 0 Å². The Morgan fingerprint density at radius 1 is 1.29 bits per heavy atom. The number of nitrogens with zero attached hydrogens (tertiary/aromatic N) is 1. The Bertz CT molecular complexity index is 474. The molecule has 2 amide bonds. The molecule has 116 valence electrons. The highest BCUT2D eigenvalue weighted by Crippen LogP contribution is 2.16. The number of carbonyl (C=O) groups is 2. The largest absolute Gasteiger partial charge is 0.366 e. The quantitative estimate of drug-likeness (QED) is 0.751. The van der Waals surface area contributed by atoms with Crippen LogP contribution in [0.4, 0.5) is 0 Å². The maximum Gasteiger partial charge on any atom is 0.248 e. The normalized spacial score (nSPS) is 12.0. The molecule has 21 heavy (non-hydrogen) atoms. The van der Waals surface area contributed by atoms with Gasteiger partial charge in [0.15, 0.2) is 0 Å². The molecule has 4 nitrogen and oxygen atoms in total. The molecule has 0 spiro atoms. The van der Waals surface area contributed by atoms with Crippen molar-refractivity contribution in [3.05, 3.63) is 35.4 Å². The van der Waals surface area contributed by atoms with E-state index in [0.717, 1.165) is 24.2 Å². The van der Waals surface area contributed by atoms with Crippen LogP contribution < -0.4 is 5.73 Å². The van der Waals surface area contributed by atoms with E-state index in [0.29, 0.717) is 12.1 Å². The second-order valence-electron chi connectivity index (χ2n) is 5.12. The minimum absolute atomic E-state index is 0.0218. The molecule has 5 heteroatoms. The standard InChI is InChI=1S/C16H24N2O2S/c1-4-5-10-21-12(2)16(20)18(3)11-13-6-8-14(9-7-13)15(17)19/h6-9,12H,4-5,10-11H2,1-3H3,(H2,17,19)/t12-/m0/s1. The lowest BCUT2D eigenvalue weighted by molar-refractivity contribution is -0.129. The van der Waals surface area contributed by atoms with E-state index in [-0.39, 0.29) is 11.2 Å². The van der Waals surface area contributed by atoms with Crippen LogP contribution in [0.5, 0.6) is 0 Å². The van der Waals surface area contributed by atoms with E-state index in [4.69, 9.17) is 5.73 Å². The fourth-order valence-electron chi connectivity index (χ4n) is 1.91. The summed E-state index contributed by atoms with van der Waals surface area (Å²) in [5.41, 5.74) is 6.67. The molecule has 0 aliphatic carbocycles. The van der Waals surface area contributed by atoms with E-state index in [1.165, 1.54) is 0 Å². The zero-order valence-electron chi connectivity index (χ0n) is 13.0. The summed E-state index contributed by atoms with van der Waals surface area (Å²) in [4.78, 5) is 25.0. The predicted octanol–water partition coefficient (Wildman–Crippen LogP) is 2.67. The van der Waals surface area contributed by atoms with E-state index in [9.17, 15) is 9.59 Å². The third-order valence-corrected chi connectivity index (χ3v) is 4.47. The van der Waals surface area contributed by atoms with Gasteiger partial charge in [-0.05, 0) is 36.8 Å². The maximum atomic E-state index is 12.2. The van der Waals surface area contributed by atoms with Crippen molar-refractivity contribution < 1.29 is 9.59 Å². The van der Waals surface area contributed by atoms with Gasteiger partial charge in [-0.1, -0.05) is 25.5 Å². The Labute approximate surface area is 131 Å². The van der Waals surface area contributed by atoms with Crippen molar-refractivity contribution in [2.45, 2.75) is 38.5 Å². The van der Waals surface area contributed by atoms with Gasteiger partial charge in [0, 0.05) is 19.2 Å². The molecule has 0 fully saturated rings. The molecule has 0 heterocycles. The highest BCUT2D eigenvalue weighted by Gasteiger charge is 2.17. The van der Waals surface area contributed by atoms with Gasteiger partial charge in [0.25, 0.3) is 0 Å². The third kappa shape index (κ3) is 5.79. The van der Waals surface area contributed by atoms with Crippen molar-refractivity contribution in [1.29, 1.82) is 0 Å². The zero-order chi connectivity index (χ0) is 15.8. The molecule has 0 bridgehead atoms. The summed E-state index contributed by atoms with van der Waals surface area (Å²) in [5.74, 6) is 0.715. The number of amides is 2. The first-order valence-corrected chi connectivity index (χ1v) is 8.26. The van der Waals surface area contributed by atoms with Gasteiger partial charge in [-0.25, -0.2) is 0 Å². The fourth-order valence-corrected chi connectivity index (χ4v) is 3.04. The molecule has 2 N–H and O–H groups in total. The number of rotatable bonds is 8. The second-order valence-corrected chi connectivity index (χ2v) is 6.57. The number of benzene rings is 1. The number of hydrogen-bond donors (Lipinski definition) is 1. The summed E-state index contributed by atoms with van der Waals surface area (Å²) in [6.45, 7) is 4.64. The van der Waals surface area contributed by atoms with Crippen LogP contribution in [-0.2, 0) is 11.3 Å². The van der Waals surface area contributed by atoms with Gasteiger partial charge in [-0.15, -0.1) is 11.8 Å². The van der Waals surface area contributed by atoms with E-state index < -0.39 is 5.91 Å². The molecule has 0 aromatic heterocycles. The molecular formula is C16H24N2O2S. The predicted molar refractivity (Wildman–Crippen MR) is 88.3 cm³/mol. The van der Waals surface area contributed by atoms with Gasteiger partial charge < -0.3 is 10.6 Å². The lowest BCUT2D eigenvalue weighted by atomic mass is 10.1. The van der Waals surface area contributed by atoms with Crippen LogP contribution in [0.2, 0.25) is 0 Å². The first-order valence-electron chi connectivity index (χ1n) is 7.21. The van der Waals surface area contributed by atoms with Gasteiger partial charge in [-0.2, -0.15) is 0 Å². The monoisotopic (exact) mass is 308 g/mol. The lowest BCUT2D eigenvalue weighted by Gasteiger charge is -2.21. The summed E-state index contributed by atoms with van der Waals surface area (Å²) in [6, 6.07) is 7.04.